The van der Waals surface area contributed by atoms with Gasteiger partial charge in [0.2, 0.25) is 5.13 Å². The SMILES string of the molecule is CC(=C1\CCCN(C2=CC=C(c3cnn(CC45CC6(C)CC(C)(C4)CC(OCC[NH+](C)CC(=O)O)(C6)C5)c3C)C(=C(O)O)N2)C1=N)/C(N)=N\c1nc2ccccc2s1. The number of hydrogen-bond donors (Lipinski definition) is 7. The summed E-state index contributed by atoms with van der Waals surface area (Å²) >= 11 is 1.47. The highest BCUT2D eigenvalue weighted by atomic mass is 32.1. The first-order valence-electron chi connectivity index (χ1n) is 20.3. The smallest absolute Gasteiger partial charge is 0.359 e. The van der Waals surface area contributed by atoms with Gasteiger partial charge in [0.25, 0.3) is 5.95 Å². The lowest BCUT2D eigenvalue weighted by atomic mass is 9.39. The van der Waals surface area contributed by atoms with Crippen LogP contribution in [0.2, 0.25) is 0 Å². The van der Waals surface area contributed by atoms with Gasteiger partial charge in [-0.2, -0.15) is 5.10 Å². The number of fused-ring (bicyclic) bond motifs is 1. The molecular formula is C43H56N9O5S+. The zero-order valence-corrected chi connectivity index (χ0v) is 34.9. The predicted molar refractivity (Wildman–Crippen MR) is 225 cm³/mol. The number of carbonyl (C=O) groups is 1. The number of aromatic nitrogens is 3. The van der Waals surface area contributed by atoms with Crippen molar-refractivity contribution in [2.75, 3.05) is 33.3 Å². The number of carboxylic acids is 1. The highest BCUT2D eigenvalue weighted by Gasteiger charge is 2.66. The van der Waals surface area contributed by atoms with Gasteiger partial charge in [-0.1, -0.05) is 37.3 Å². The van der Waals surface area contributed by atoms with Crippen LogP contribution in [-0.4, -0.2) is 91.5 Å². The summed E-state index contributed by atoms with van der Waals surface area (Å²) in [6, 6.07) is 7.85. The van der Waals surface area contributed by atoms with Crippen LogP contribution >= 0.6 is 11.3 Å². The Morgan fingerprint density at radius 3 is 2.55 bits per heavy atom. The average Bonchev–Trinajstić information content (AvgIpc) is 3.70. The van der Waals surface area contributed by atoms with Crippen LogP contribution < -0.4 is 16.0 Å². The number of amidine groups is 2. The number of likely N-dealkylation sites (N-methyl/N-ethyl adjacent to an activating group) is 1. The number of quaternary nitrogens is 1. The number of dihydropyridines is 1. The first-order chi connectivity index (χ1) is 27.5. The number of ether oxygens (including phenoxy) is 1. The van der Waals surface area contributed by atoms with Crippen LogP contribution in [0.1, 0.15) is 83.4 Å². The van der Waals surface area contributed by atoms with Gasteiger partial charge >= 0.3 is 5.97 Å². The monoisotopic (exact) mass is 810 g/mol. The molecule has 4 saturated carbocycles. The fourth-order valence-electron chi connectivity index (χ4n) is 11.8. The number of carboxylic acid groups (broad SMARTS) is 1. The Hall–Kier alpha value is -4.99. The van der Waals surface area contributed by atoms with E-state index in [2.05, 4.69) is 33.8 Å². The molecule has 308 valence electrons. The van der Waals surface area contributed by atoms with Crippen molar-refractivity contribution in [3.8, 4) is 0 Å². The molecule has 4 bridgehead atoms. The van der Waals surface area contributed by atoms with E-state index in [1.807, 2.05) is 68.4 Å². The molecule has 6 aliphatic rings. The topological polar surface area (TPSA) is 200 Å². The Morgan fingerprint density at radius 1 is 1.10 bits per heavy atom. The summed E-state index contributed by atoms with van der Waals surface area (Å²) in [7, 11) is 1.90. The third-order valence-electron chi connectivity index (χ3n) is 13.1. The van der Waals surface area contributed by atoms with Crippen molar-refractivity contribution in [1.82, 2.24) is 25.0 Å². The molecule has 4 aliphatic carbocycles. The second-order valence-electron chi connectivity index (χ2n) is 18.4. The van der Waals surface area contributed by atoms with Crippen LogP contribution in [-0.2, 0) is 16.1 Å². The van der Waals surface area contributed by atoms with Gasteiger partial charge in [-0.3, -0.25) is 10.1 Å². The second kappa shape index (κ2) is 14.7. The van der Waals surface area contributed by atoms with E-state index >= 15 is 0 Å². The number of piperidine rings is 1. The number of nitrogens with one attached hydrogen (secondary N) is 3. The predicted octanol–water partition coefficient (Wildman–Crippen LogP) is 5.73. The molecule has 14 nitrogen and oxygen atoms in total. The number of para-hydroxylation sites is 1. The maximum absolute atomic E-state index is 11.3. The molecule has 58 heavy (non-hydrogen) atoms. The van der Waals surface area contributed by atoms with E-state index in [0.717, 1.165) is 77.0 Å². The molecule has 0 spiro atoms. The van der Waals surface area contributed by atoms with Gasteiger partial charge in [-0.25, -0.2) is 14.8 Å². The Morgan fingerprint density at radius 2 is 1.84 bits per heavy atom. The van der Waals surface area contributed by atoms with Gasteiger partial charge in [0, 0.05) is 35.5 Å². The van der Waals surface area contributed by atoms with E-state index in [-0.39, 0.29) is 39.9 Å². The molecule has 3 unspecified atom stereocenters. The largest absolute Gasteiger partial charge is 0.480 e. The van der Waals surface area contributed by atoms with Crippen molar-refractivity contribution >= 4 is 49.9 Å². The number of aliphatic imine (C=N–C) groups is 1. The summed E-state index contributed by atoms with van der Waals surface area (Å²) < 4.78 is 9.94. The van der Waals surface area contributed by atoms with Crippen LogP contribution in [0.3, 0.4) is 0 Å². The van der Waals surface area contributed by atoms with Crippen LogP contribution in [0.4, 0.5) is 5.13 Å². The third-order valence-corrected chi connectivity index (χ3v) is 14.0. The lowest BCUT2D eigenvalue weighted by molar-refractivity contribution is -0.872. The standard InChI is InChI=1S/C43H55N9O5S/c1-26(36(44)49-39-47-31-10-6-7-11-32(31)58-39)28-9-8-14-51(37(28)45)33-13-12-29(35(48-33)38(55)56)30-17-46-52(27(30)2)25-42-20-40(3)19-41(4,21-42)23-43(22-40,24-42)57-16-15-50(5)18-34(53)54/h6-7,10-13,17,45,48,55-56H,8-9,14-16,18-25H2,1-5H3,(H,53,54)(H2,44,47,49)/p+1/b28-26-,45-37?. The fourth-order valence-corrected chi connectivity index (χ4v) is 12.7. The van der Waals surface area contributed by atoms with Crippen molar-refractivity contribution in [2.24, 2.45) is 27.0 Å². The van der Waals surface area contributed by atoms with Gasteiger partial charge in [0.05, 0.1) is 35.7 Å². The zero-order valence-electron chi connectivity index (χ0n) is 34.1. The third kappa shape index (κ3) is 7.55. The number of likely N-dealkylation sites (tertiary alicyclic amines) is 1. The lowest BCUT2D eigenvalue weighted by Gasteiger charge is -2.69. The Kier molecular flexibility index (Phi) is 10.1. The first kappa shape index (κ1) is 39.8. The number of aliphatic carboxylic acids is 1. The summed E-state index contributed by atoms with van der Waals surface area (Å²) in [5, 5.41) is 48.5. The molecule has 2 aromatic heterocycles. The fraction of sp³-hybridized carbons (Fsp3) is 0.512. The van der Waals surface area contributed by atoms with E-state index in [4.69, 9.17) is 15.6 Å². The lowest BCUT2D eigenvalue weighted by Crippen LogP contribution is -3.10. The molecule has 3 atom stereocenters. The zero-order chi connectivity index (χ0) is 41.2. The quantitative estimate of drug-likeness (QED) is 0.0674. The van der Waals surface area contributed by atoms with Crippen LogP contribution in [0.25, 0.3) is 15.8 Å². The van der Waals surface area contributed by atoms with E-state index in [1.165, 1.54) is 17.8 Å². The Balaban J connectivity index is 1.02. The molecule has 4 heterocycles. The highest BCUT2D eigenvalue weighted by Crippen LogP contribution is 2.72. The molecule has 0 amide bonds. The van der Waals surface area contributed by atoms with E-state index in [9.17, 15) is 25.5 Å². The summed E-state index contributed by atoms with van der Waals surface area (Å²) in [5.74, 6) is -0.505. The van der Waals surface area contributed by atoms with E-state index < -0.39 is 11.9 Å². The van der Waals surface area contributed by atoms with Gasteiger partial charge in [-0.15, -0.1) is 0 Å². The molecule has 1 aromatic carbocycles. The van der Waals surface area contributed by atoms with Crippen molar-refractivity contribution < 1.29 is 29.8 Å². The van der Waals surface area contributed by atoms with E-state index in [1.54, 1.807) is 0 Å². The van der Waals surface area contributed by atoms with Crippen LogP contribution in [0.15, 0.2) is 76.2 Å². The molecule has 8 N–H and O–H groups in total. The van der Waals surface area contributed by atoms with Crippen molar-refractivity contribution in [2.45, 2.75) is 91.2 Å². The molecule has 3 aromatic rings. The second-order valence-corrected chi connectivity index (χ2v) is 19.4. The summed E-state index contributed by atoms with van der Waals surface area (Å²) in [4.78, 5) is 23.2. The number of thiazole rings is 1. The number of benzene rings is 1. The molecular weight excluding hydrogens is 755 g/mol. The van der Waals surface area contributed by atoms with Crippen molar-refractivity contribution in [1.29, 1.82) is 5.41 Å². The number of nitrogens with two attached hydrogens (primary N) is 1. The average molecular weight is 811 g/mol. The molecule has 2 aliphatic heterocycles. The van der Waals surface area contributed by atoms with Gasteiger partial charge in [0.15, 0.2) is 6.54 Å². The Bertz CT molecular complexity index is 2280. The normalized spacial score (nSPS) is 29.7. The molecule has 0 radical (unpaired) electrons. The van der Waals surface area contributed by atoms with Crippen molar-refractivity contribution in [3.63, 3.8) is 0 Å². The molecule has 15 heteroatoms. The summed E-state index contributed by atoms with van der Waals surface area (Å²) in [6.07, 6.45) is 13.3. The summed E-state index contributed by atoms with van der Waals surface area (Å²) in [5.41, 5.74) is 11.4. The highest BCUT2D eigenvalue weighted by molar-refractivity contribution is 7.22. The van der Waals surface area contributed by atoms with Gasteiger partial charge in [-0.05, 0) is 111 Å². The minimum absolute atomic E-state index is 0.0172. The number of aliphatic hydroxyl groups excluding tert-OH is 1. The van der Waals surface area contributed by atoms with Gasteiger partial charge < -0.3 is 40.9 Å². The minimum Gasteiger partial charge on any atom is -0.480 e. The molecule has 1 saturated heterocycles. The first-order valence-corrected chi connectivity index (χ1v) is 21.1. The minimum atomic E-state index is -0.844. The van der Waals surface area contributed by atoms with Gasteiger partial charge in [0.1, 0.15) is 29.7 Å². The van der Waals surface area contributed by atoms with Crippen molar-refractivity contribution in [3.05, 3.63) is 82.5 Å². The van der Waals surface area contributed by atoms with E-state index in [0.29, 0.717) is 54.1 Å². The number of allylic oxidation sites excluding steroid dienone is 3. The van der Waals surface area contributed by atoms with Crippen LogP contribution in [0.5, 0.6) is 0 Å². The molecule has 9 rings (SSSR count). The summed E-state index contributed by atoms with van der Waals surface area (Å²) in [6.45, 7) is 11.3. The maximum atomic E-state index is 11.3. The number of aliphatic hydroxyl groups is 2. The number of hydrogen-bond acceptors (Lipinski definition) is 10. The van der Waals surface area contributed by atoms with Crippen LogP contribution in [0, 0.1) is 28.6 Å². The number of rotatable bonds is 12. The maximum Gasteiger partial charge on any atom is 0.359 e. The molecule has 5 fully saturated rings. The Labute approximate surface area is 343 Å². The number of nitrogens with zero attached hydrogens (tertiary/aromatic N) is 5.